The van der Waals surface area contributed by atoms with Crippen LogP contribution < -0.4 is 10.6 Å². The number of nitrogens with one attached hydrogen (secondary N) is 2. The van der Waals surface area contributed by atoms with Crippen LogP contribution in [0.3, 0.4) is 0 Å². The fourth-order valence-corrected chi connectivity index (χ4v) is 3.55. The lowest BCUT2D eigenvalue weighted by molar-refractivity contribution is -0.121. The first-order valence-corrected chi connectivity index (χ1v) is 10.6. The van der Waals surface area contributed by atoms with Gasteiger partial charge in [-0.3, -0.25) is 14.5 Å². The Labute approximate surface area is 177 Å². The van der Waals surface area contributed by atoms with Gasteiger partial charge in [0.25, 0.3) is 5.91 Å². The van der Waals surface area contributed by atoms with E-state index >= 15 is 0 Å². The van der Waals surface area contributed by atoms with Crippen LogP contribution in [-0.4, -0.2) is 36.3 Å². The summed E-state index contributed by atoms with van der Waals surface area (Å²) < 4.78 is 0. The Balaban J connectivity index is 1.34. The highest BCUT2D eigenvalue weighted by Gasteiger charge is 2.10. The Bertz CT molecular complexity index is 800. The first kappa shape index (κ1) is 21.3. The molecule has 29 heavy (non-hydrogen) atoms. The lowest BCUT2D eigenvalue weighted by Gasteiger charge is -2.26. The molecular weight excluding hydrogens is 386 g/mol. The van der Waals surface area contributed by atoms with Crippen LogP contribution in [0.5, 0.6) is 0 Å². The van der Waals surface area contributed by atoms with Crippen molar-refractivity contribution in [3.8, 4) is 0 Å². The lowest BCUT2D eigenvalue weighted by Crippen LogP contribution is -2.30. The van der Waals surface area contributed by atoms with Gasteiger partial charge in [0, 0.05) is 36.6 Å². The lowest BCUT2D eigenvalue weighted by atomic mass is 10.1. The van der Waals surface area contributed by atoms with Crippen molar-refractivity contribution in [3.05, 3.63) is 70.2 Å². The number of nitrogens with zero attached hydrogens (tertiary/aromatic N) is 1. The molecule has 2 N–H and O–H groups in total. The molecule has 0 atom stereocenters. The van der Waals surface area contributed by atoms with Crippen LogP contribution in [0.2, 0.25) is 5.02 Å². The van der Waals surface area contributed by atoms with Crippen molar-refractivity contribution in [3.63, 3.8) is 0 Å². The topological polar surface area (TPSA) is 61.4 Å². The van der Waals surface area contributed by atoms with Gasteiger partial charge in [0.15, 0.2) is 0 Å². The van der Waals surface area contributed by atoms with Crippen molar-refractivity contribution in [2.24, 2.45) is 0 Å². The molecule has 6 heteroatoms. The van der Waals surface area contributed by atoms with Crippen LogP contribution >= 0.6 is 11.6 Å². The second-order valence-corrected chi connectivity index (χ2v) is 7.88. The SMILES string of the molecule is O=C(CCNC(=O)c1ccc(Cl)cc1)NCc1ccc(CN2CCCCC2)cc1. The second kappa shape index (κ2) is 11.0. The quantitative estimate of drug-likeness (QED) is 0.692. The Kier molecular flexibility index (Phi) is 8.08. The number of carbonyl (C=O) groups is 2. The van der Waals surface area contributed by atoms with Crippen molar-refractivity contribution < 1.29 is 9.59 Å². The second-order valence-electron chi connectivity index (χ2n) is 7.44. The fourth-order valence-electron chi connectivity index (χ4n) is 3.42. The summed E-state index contributed by atoms with van der Waals surface area (Å²) in [6.45, 7) is 4.16. The van der Waals surface area contributed by atoms with E-state index in [1.165, 1.54) is 37.9 Å². The average molecular weight is 414 g/mol. The van der Waals surface area contributed by atoms with Gasteiger partial charge in [-0.2, -0.15) is 0 Å². The van der Waals surface area contributed by atoms with Crippen molar-refractivity contribution in [1.29, 1.82) is 0 Å². The Morgan fingerprint density at radius 3 is 2.21 bits per heavy atom. The maximum Gasteiger partial charge on any atom is 0.251 e. The molecule has 2 amide bonds. The molecule has 2 aromatic carbocycles. The normalized spacial score (nSPS) is 14.4. The molecule has 154 valence electrons. The van der Waals surface area contributed by atoms with E-state index in [4.69, 9.17) is 11.6 Å². The van der Waals surface area contributed by atoms with Crippen LogP contribution in [0.15, 0.2) is 48.5 Å². The third kappa shape index (κ3) is 7.18. The van der Waals surface area contributed by atoms with Crippen LogP contribution in [0.4, 0.5) is 0 Å². The molecule has 1 aliphatic rings. The van der Waals surface area contributed by atoms with Crippen molar-refractivity contribution >= 4 is 23.4 Å². The van der Waals surface area contributed by atoms with E-state index in [0.717, 1.165) is 12.1 Å². The van der Waals surface area contributed by atoms with Gasteiger partial charge < -0.3 is 10.6 Å². The van der Waals surface area contributed by atoms with E-state index in [1.807, 2.05) is 0 Å². The number of hydrogen-bond donors (Lipinski definition) is 2. The maximum absolute atomic E-state index is 12.0. The molecule has 0 saturated carbocycles. The molecule has 0 unspecified atom stereocenters. The molecule has 0 aliphatic carbocycles. The molecular formula is C23H28ClN3O2. The average Bonchev–Trinajstić information content (AvgIpc) is 2.74. The Hall–Kier alpha value is -2.37. The minimum absolute atomic E-state index is 0.0844. The Morgan fingerprint density at radius 2 is 1.52 bits per heavy atom. The summed E-state index contributed by atoms with van der Waals surface area (Å²) in [5.74, 6) is -0.294. The number of rotatable bonds is 8. The summed E-state index contributed by atoms with van der Waals surface area (Å²) in [6, 6.07) is 15.1. The van der Waals surface area contributed by atoms with Gasteiger partial charge in [-0.05, 0) is 61.3 Å². The molecule has 1 fully saturated rings. The van der Waals surface area contributed by atoms with E-state index in [1.54, 1.807) is 24.3 Å². The van der Waals surface area contributed by atoms with Crippen LogP contribution in [0, 0.1) is 0 Å². The van der Waals surface area contributed by atoms with Gasteiger partial charge in [-0.25, -0.2) is 0 Å². The van der Waals surface area contributed by atoms with Crippen molar-refractivity contribution in [2.75, 3.05) is 19.6 Å². The molecule has 1 saturated heterocycles. The zero-order chi connectivity index (χ0) is 20.5. The van der Waals surface area contributed by atoms with Crippen LogP contribution in [-0.2, 0) is 17.9 Å². The smallest absolute Gasteiger partial charge is 0.251 e. The van der Waals surface area contributed by atoms with Crippen molar-refractivity contribution in [1.82, 2.24) is 15.5 Å². The van der Waals surface area contributed by atoms with Crippen molar-refractivity contribution in [2.45, 2.75) is 38.8 Å². The highest BCUT2D eigenvalue weighted by molar-refractivity contribution is 6.30. The number of benzene rings is 2. The van der Waals surface area contributed by atoms with Crippen LogP contribution in [0.1, 0.15) is 47.2 Å². The highest BCUT2D eigenvalue weighted by Crippen LogP contribution is 2.13. The molecule has 0 aromatic heterocycles. The zero-order valence-corrected chi connectivity index (χ0v) is 17.4. The molecule has 0 bridgehead atoms. The number of halogens is 1. The third-order valence-corrected chi connectivity index (χ3v) is 5.36. The third-order valence-electron chi connectivity index (χ3n) is 5.11. The monoisotopic (exact) mass is 413 g/mol. The van der Waals surface area contributed by atoms with Gasteiger partial charge in [0.1, 0.15) is 0 Å². The summed E-state index contributed by atoms with van der Waals surface area (Å²) in [5, 5.41) is 6.23. The number of hydrogen-bond acceptors (Lipinski definition) is 3. The number of likely N-dealkylation sites (tertiary alicyclic amines) is 1. The number of piperidine rings is 1. The van der Waals surface area contributed by atoms with Gasteiger partial charge >= 0.3 is 0 Å². The molecule has 1 aliphatic heterocycles. The predicted octanol–water partition coefficient (Wildman–Crippen LogP) is 3.76. The summed E-state index contributed by atoms with van der Waals surface area (Å²) in [4.78, 5) is 26.5. The summed E-state index contributed by atoms with van der Waals surface area (Å²) in [7, 11) is 0. The van der Waals surface area contributed by atoms with Gasteiger partial charge in [0.05, 0.1) is 0 Å². The minimum Gasteiger partial charge on any atom is -0.352 e. The molecule has 3 rings (SSSR count). The van der Waals surface area contributed by atoms with E-state index in [2.05, 4.69) is 39.8 Å². The van der Waals surface area contributed by atoms with Gasteiger partial charge in [0.2, 0.25) is 5.91 Å². The molecule has 2 aromatic rings. The van der Waals surface area contributed by atoms with Gasteiger partial charge in [-0.15, -0.1) is 0 Å². The van der Waals surface area contributed by atoms with E-state index in [9.17, 15) is 9.59 Å². The van der Waals surface area contributed by atoms with E-state index in [-0.39, 0.29) is 18.2 Å². The van der Waals surface area contributed by atoms with E-state index in [0.29, 0.717) is 23.7 Å². The molecule has 5 nitrogen and oxygen atoms in total. The molecule has 0 spiro atoms. The molecule has 0 radical (unpaired) electrons. The number of carbonyl (C=O) groups excluding carboxylic acids is 2. The summed E-state index contributed by atoms with van der Waals surface area (Å²) in [5.41, 5.74) is 2.91. The van der Waals surface area contributed by atoms with Crippen LogP contribution in [0.25, 0.3) is 0 Å². The maximum atomic E-state index is 12.0. The largest absolute Gasteiger partial charge is 0.352 e. The predicted molar refractivity (Wildman–Crippen MR) is 116 cm³/mol. The summed E-state index contributed by atoms with van der Waals surface area (Å²) >= 11 is 5.81. The first-order valence-electron chi connectivity index (χ1n) is 10.2. The minimum atomic E-state index is -0.209. The fraction of sp³-hybridized carbons (Fsp3) is 0.391. The van der Waals surface area contributed by atoms with E-state index < -0.39 is 0 Å². The molecule has 1 heterocycles. The Morgan fingerprint density at radius 1 is 0.862 bits per heavy atom. The zero-order valence-electron chi connectivity index (χ0n) is 16.6. The highest BCUT2D eigenvalue weighted by atomic mass is 35.5. The number of amides is 2. The first-order chi connectivity index (χ1) is 14.1. The standard InChI is InChI=1S/C23H28ClN3O2/c24-21-10-8-20(9-11-21)23(29)25-13-12-22(28)26-16-18-4-6-19(7-5-18)17-27-14-2-1-3-15-27/h4-11H,1-3,12-17H2,(H,25,29)(H,26,28). The van der Waals surface area contributed by atoms with Gasteiger partial charge in [-0.1, -0.05) is 42.3 Å². The summed E-state index contributed by atoms with van der Waals surface area (Å²) in [6.07, 6.45) is 4.18.